The zero-order valence-electron chi connectivity index (χ0n) is 11.2. The van der Waals surface area contributed by atoms with E-state index in [0.717, 1.165) is 24.4 Å². The fourth-order valence-electron chi connectivity index (χ4n) is 3.34. The van der Waals surface area contributed by atoms with Crippen LogP contribution in [0.5, 0.6) is 0 Å². The quantitative estimate of drug-likeness (QED) is 0.795. The maximum Gasteiger partial charge on any atom is 0.0283 e. The lowest BCUT2D eigenvalue weighted by molar-refractivity contribution is 0.131. The van der Waals surface area contributed by atoms with E-state index in [1.54, 1.807) is 0 Å². The minimum atomic E-state index is 0.0510. The maximum atomic E-state index is 6.42. The van der Waals surface area contributed by atoms with Gasteiger partial charge in [-0.15, -0.1) is 0 Å². The van der Waals surface area contributed by atoms with E-state index in [-0.39, 0.29) is 5.54 Å². The van der Waals surface area contributed by atoms with Gasteiger partial charge in [0, 0.05) is 18.1 Å². The topological polar surface area (TPSA) is 29.3 Å². The first kappa shape index (κ1) is 12.4. The summed E-state index contributed by atoms with van der Waals surface area (Å²) in [5.41, 5.74) is 6.47. The molecule has 2 aliphatic carbocycles. The van der Waals surface area contributed by atoms with Crippen LogP contribution < -0.4 is 5.73 Å². The van der Waals surface area contributed by atoms with E-state index in [9.17, 15) is 0 Å². The number of hydrogen-bond donors (Lipinski definition) is 1. The molecule has 0 aromatic carbocycles. The first-order chi connectivity index (χ1) is 7.49. The molecule has 0 amide bonds. The second kappa shape index (κ2) is 4.66. The van der Waals surface area contributed by atoms with E-state index >= 15 is 0 Å². The smallest absolute Gasteiger partial charge is 0.0283 e. The Morgan fingerprint density at radius 2 is 1.94 bits per heavy atom. The first-order valence-electron chi connectivity index (χ1n) is 6.98. The third-order valence-electron chi connectivity index (χ3n) is 4.63. The van der Waals surface area contributed by atoms with E-state index in [1.807, 2.05) is 0 Å². The van der Waals surface area contributed by atoms with Gasteiger partial charge in [-0.25, -0.2) is 0 Å². The lowest BCUT2D eigenvalue weighted by Gasteiger charge is -2.38. The fourth-order valence-corrected chi connectivity index (χ4v) is 3.34. The molecule has 16 heavy (non-hydrogen) atoms. The Labute approximate surface area is 101 Å². The lowest BCUT2D eigenvalue weighted by atomic mass is 9.85. The monoisotopic (exact) mass is 224 g/mol. The van der Waals surface area contributed by atoms with Crippen molar-refractivity contribution in [1.82, 2.24) is 4.90 Å². The molecule has 2 nitrogen and oxygen atoms in total. The van der Waals surface area contributed by atoms with Crippen molar-refractivity contribution < 1.29 is 0 Å². The van der Waals surface area contributed by atoms with Crippen LogP contribution in [0.25, 0.3) is 0 Å². The Morgan fingerprint density at radius 1 is 1.25 bits per heavy atom. The van der Waals surface area contributed by atoms with Crippen molar-refractivity contribution in [3.63, 3.8) is 0 Å². The molecule has 2 N–H and O–H groups in total. The molecule has 0 radical (unpaired) electrons. The predicted molar refractivity (Wildman–Crippen MR) is 69.4 cm³/mol. The molecule has 2 heteroatoms. The largest absolute Gasteiger partial charge is 0.324 e. The van der Waals surface area contributed by atoms with Crippen LogP contribution in [0.4, 0.5) is 0 Å². The third kappa shape index (κ3) is 2.98. The molecule has 2 fully saturated rings. The highest BCUT2D eigenvalue weighted by Crippen LogP contribution is 2.39. The van der Waals surface area contributed by atoms with Crippen molar-refractivity contribution >= 4 is 0 Å². The van der Waals surface area contributed by atoms with E-state index in [4.69, 9.17) is 5.73 Å². The van der Waals surface area contributed by atoms with E-state index in [1.165, 1.54) is 38.5 Å². The number of nitrogens with zero attached hydrogens (tertiary/aromatic N) is 1. The molecule has 2 saturated carbocycles. The van der Waals surface area contributed by atoms with Crippen LogP contribution in [0.3, 0.4) is 0 Å². The zero-order valence-corrected chi connectivity index (χ0v) is 11.2. The van der Waals surface area contributed by atoms with Gasteiger partial charge >= 0.3 is 0 Å². The summed E-state index contributed by atoms with van der Waals surface area (Å²) in [5, 5.41) is 0. The molecule has 2 rings (SSSR count). The molecule has 3 unspecified atom stereocenters. The Morgan fingerprint density at radius 3 is 2.50 bits per heavy atom. The van der Waals surface area contributed by atoms with Gasteiger partial charge in [-0.2, -0.15) is 0 Å². The van der Waals surface area contributed by atoms with Crippen molar-refractivity contribution in [2.75, 3.05) is 13.6 Å². The minimum absolute atomic E-state index is 0.0510. The van der Waals surface area contributed by atoms with Crippen LogP contribution in [0.1, 0.15) is 52.4 Å². The van der Waals surface area contributed by atoms with Gasteiger partial charge in [0.2, 0.25) is 0 Å². The Bertz CT molecular complexity index is 233. The summed E-state index contributed by atoms with van der Waals surface area (Å²) in [4.78, 5) is 2.54. The van der Waals surface area contributed by atoms with Gasteiger partial charge < -0.3 is 10.6 Å². The Hall–Kier alpha value is -0.0800. The normalized spacial score (nSPS) is 35.1. The van der Waals surface area contributed by atoms with E-state index in [0.29, 0.717) is 0 Å². The summed E-state index contributed by atoms with van der Waals surface area (Å²) in [6.07, 6.45) is 8.27. The molecule has 0 bridgehead atoms. The predicted octanol–water partition coefficient (Wildman–Crippen LogP) is 2.62. The van der Waals surface area contributed by atoms with Crippen molar-refractivity contribution in [2.45, 2.75) is 64.0 Å². The highest BCUT2D eigenvalue weighted by Gasteiger charge is 2.39. The summed E-state index contributed by atoms with van der Waals surface area (Å²) in [6, 6.07) is 0.783. The van der Waals surface area contributed by atoms with Crippen molar-refractivity contribution in [1.29, 1.82) is 0 Å². The average molecular weight is 224 g/mol. The maximum absolute atomic E-state index is 6.42. The molecule has 0 aliphatic heterocycles. The molecular weight excluding hydrogens is 196 g/mol. The van der Waals surface area contributed by atoms with Crippen molar-refractivity contribution in [3.05, 3.63) is 0 Å². The van der Waals surface area contributed by atoms with Crippen molar-refractivity contribution in [3.8, 4) is 0 Å². The average Bonchev–Trinajstić information content (AvgIpc) is 3.00. The van der Waals surface area contributed by atoms with Crippen LogP contribution in [0.15, 0.2) is 0 Å². The molecule has 2 aliphatic rings. The molecule has 3 atom stereocenters. The van der Waals surface area contributed by atoms with Gasteiger partial charge in [-0.1, -0.05) is 19.8 Å². The van der Waals surface area contributed by atoms with Crippen LogP contribution in [-0.4, -0.2) is 30.1 Å². The van der Waals surface area contributed by atoms with Crippen LogP contribution in [0, 0.1) is 11.8 Å². The van der Waals surface area contributed by atoms with Gasteiger partial charge in [0.05, 0.1) is 0 Å². The van der Waals surface area contributed by atoms with Crippen molar-refractivity contribution in [2.24, 2.45) is 17.6 Å². The lowest BCUT2D eigenvalue weighted by Crippen LogP contribution is -2.51. The molecule has 94 valence electrons. The van der Waals surface area contributed by atoms with Gasteiger partial charge in [-0.3, -0.25) is 0 Å². The number of rotatable bonds is 4. The SMILES string of the molecule is CC1CCCC(N(C)CC(C)(N)C2CC2)C1. The number of likely N-dealkylation sites (N-methyl/N-ethyl adjacent to an activating group) is 1. The molecule has 0 spiro atoms. The highest BCUT2D eigenvalue weighted by molar-refractivity contribution is 4.97. The summed E-state index contributed by atoms with van der Waals surface area (Å²) in [7, 11) is 2.27. The second-order valence-electron chi connectivity index (χ2n) is 6.62. The van der Waals surface area contributed by atoms with Gasteiger partial charge in [0.1, 0.15) is 0 Å². The summed E-state index contributed by atoms with van der Waals surface area (Å²) in [6.45, 7) is 5.71. The van der Waals surface area contributed by atoms with Crippen LogP contribution in [-0.2, 0) is 0 Å². The third-order valence-corrected chi connectivity index (χ3v) is 4.63. The zero-order chi connectivity index (χ0) is 11.8. The number of nitrogens with two attached hydrogens (primary N) is 1. The Balaban J connectivity index is 1.84. The standard InChI is InChI=1S/C14H28N2/c1-11-5-4-6-13(9-11)16(3)10-14(2,15)12-7-8-12/h11-13H,4-10,15H2,1-3H3. The van der Waals surface area contributed by atoms with E-state index in [2.05, 4.69) is 25.8 Å². The van der Waals surface area contributed by atoms with Crippen LogP contribution in [0.2, 0.25) is 0 Å². The van der Waals surface area contributed by atoms with Crippen LogP contribution >= 0.6 is 0 Å². The fraction of sp³-hybridized carbons (Fsp3) is 1.00. The van der Waals surface area contributed by atoms with E-state index < -0.39 is 0 Å². The first-order valence-corrected chi connectivity index (χ1v) is 6.98. The summed E-state index contributed by atoms with van der Waals surface area (Å²) >= 11 is 0. The van der Waals surface area contributed by atoms with Gasteiger partial charge in [0.25, 0.3) is 0 Å². The highest BCUT2D eigenvalue weighted by atomic mass is 15.2. The summed E-state index contributed by atoms with van der Waals surface area (Å²) < 4.78 is 0. The summed E-state index contributed by atoms with van der Waals surface area (Å²) in [5.74, 6) is 1.70. The Kier molecular flexibility index (Phi) is 3.60. The van der Waals surface area contributed by atoms with Gasteiger partial charge in [0.15, 0.2) is 0 Å². The molecule has 0 aromatic rings. The number of hydrogen-bond acceptors (Lipinski definition) is 2. The minimum Gasteiger partial charge on any atom is -0.324 e. The molecule has 0 heterocycles. The molecule has 0 saturated heterocycles. The molecular formula is C14H28N2. The molecule has 0 aromatic heterocycles. The van der Waals surface area contributed by atoms with Gasteiger partial charge in [-0.05, 0) is 51.5 Å². The second-order valence-corrected chi connectivity index (χ2v) is 6.62.